The van der Waals surface area contributed by atoms with Crippen LogP contribution in [0, 0.1) is 0 Å². The second-order valence-corrected chi connectivity index (χ2v) is 7.55. The van der Waals surface area contributed by atoms with E-state index in [1.165, 1.54) is 36.5 Å². The first-order valence-electron chi connectivity index (χ1n) is 9.75. The Balaban J connectivity index is 1.63. The van der Waals surface area contributed by atoms with Crippen molar-refractivity contribution in [3.8, 4) is 11.6 Å². The van der Waals surface area contributed by atoms with Crippen LogP contribution >= 0.6 is 23.2 Å². The van der Waals surface area contributed by atoms with Gasteiger partial charge in [-0.2, -0.15) is 18.2 Å². The monoisotopic (exact) mass is 515 g/mol. The Kier molecular flexibility index (Phi) is 8.37. The topological polar surface area (TPSA) is 108 Å². The number of amides is 2. The summed E-state index contributed by atoms with van der Waals surface area (Å²) in [5.41, 5.74) is -0.967. The first-order chi connectivity index (χ1) is 16.2. The van der Waals surface area contributed by atoms with Gasteiger partial charge in [0.1, 0.15) is 5.75 Å². The number of urea groups is 1. The summed E-state index contributed by atoms with van der Waals surface area (Å²) in [7, 11) is 0. The van der Waals surface area contributed by atoms with E-state index in [0.717, 1.165) is 12.1 Å². The summed E-state index contributed by atoms with van der Waals surface area (Å²) in [5, 5.41) is 16.2. The number of anilines is 3. The van der Waals surface area contributed by atoms with Crippen molar-refractivity contribution >= 4 is 46.6 Å². The van der Waals surface area contributed by atoms with Gasteiger partial charge in [0.15, 0.2) is 0 Å². The van der Waals surface area contributed by atoms with Gasteiger partial charge in [-0.15, -0.1) is 0 Å². The van der Waals surface area contributed by atoms with Crippen LogP contribution in [-0.4, -0.2) is 34.3 Å². The summed E-state index contributed by atoms with van der Waals surface area (Å²) in [5.74, 6) is 0.880. The highest BCUT2D eigenvalue weighted by molar-refractivity contribution is 6.34. The Morgan fingerprint density at radius 2 is 1.85 bits per heavy atom. The summed E-state index contributed by atoms with van der Waals surface area (Å²) in [4.78, 5) is 20.5. The van der Waals surface area contributed by atoms with Crippen LogP contribution in [0.15, 0.2) is 48.7 Å². The van der Waals surface area contributed by atoms with Crippen LogP contribution in [0.1, 0.15) is 12.0 Å². The molecule has 3 aromatic rings. The number of aliphatic hydroxyl groups is 1. The first-order valence-corrected chi connectivity index (χ1v) is 10.5. The largest absolute Gasteiger partial charge is 0.439 e. The lowest BCUT2D eigenvalue weighted by atomic mass is 10.2. The van der Waals surface area contributed by atoms with E-state index < -0.39 is 22.8 Å². The molecule has 0 saturated heterocycles. The number of hydrogen-bond donors (Lipinski definition) is 4. The van der Waals surface area contributed by atoms with Crippen LogP contribution < -0.4 is 20.7 Å². The predicted molar refractivity (Wildman–Crippen MR) is 123 cm³/mol. The van der Waals surface area contributed by atoms with Crippen LogP contribution in [0.4, 0.5) is 35.3 Å². The Hall–Kier alpha value is -3.28. The zero-order valence-corrected chi connectivity index (χ0v) is 18.8. The summed E-state index contributed by atoms with van der Waals surface area (Å²) >= 11 is 11.8. The van der Waals surface area contributed by atoms with Gasteiger partial charge in [0, 0.05) is 37.2 Å². The molecule has 0 bridgehead atoms. The van der Waals surface area contributed by atoms with Gasteiger partial charge in [0.05, 0.1) is 21.3 Å². The molecular weight excluding hydrogens is 498 g/mol. The van der Waals surface area contributed by atoms with Crippen molar-refractivity contribution in [2.24, 2.45) is 0 Å². The maximum Gasteiger partial charge on any atom is 0.417 e. The third-order valence-electron chi connectivity index (χ3n) is 4.19. The van der Waals surface area contributed by atoms with Crippen molar-refractivity contribution in [2.75, 3.05) is 29.1 Å². The predicted octanol–water partition coefficient (Wildman–Crippen LogP) is 6.03. The maximum atomic E-state index is 13.0. The molecule has 13 heteroatoms. The van der Waals surface area contributed by atoms with Gasteiger partial charge in [0.2, 0.25) is 11.8 Å². The number of alkyl halides is 3. The van der Waals surface area contributed by atoms with E-state index >= 15 is 0 Å². The molecule has 0 fully saturated rings. The molecule has 180 valence electrons. The molecule has 4 N–H and O–H groups in total. The average molecular weight is 516 g/mol. The molecule has 0 unspecified atom stereocenters. The van der Waals surface area contributed by atoms with Gasteiger partial charge >= 0.3 is 12.2 Å². The number of halogens is 5. The standard InChI is InChI=1S/C21H18Cl2F3N5O3/c22-15-4-2-12(10-14(15)21(24,25)26)29-20(33)30-17-5-3-13(11-16(17)23)34-18-6-8-28-19(31-18)27-7-1-9-32/h2-6,8,10-11,32H,1,7,9H2,(H,27,28,31)(H2,29,30,33). The van der Waals surface area contributed by atoms with Crippen LogP contribution in [0.25, 0.3) is 0 Å². The molecule has 34 heavy (non-hydrogen) atoms. The number of carbonyl (C=O) groups excluding carboxylic acids is 1. The van der Waals surface area contributed by atoms with E-state index in [0.29, 0.717) is 24.7 Å². The average Bonchev–Trinajstić information content (AvgIpc) is 2.77. The fourth-order valence-corrected chi connectivity index (χ4v) is 3.09. The number of benzene rings is 2. The van der Waals surface area contributed by atoms with Gasteiger partial charge in [-0.3, -0.25) is 0 Å². The molecule has 0 spiro atoms. The third kappa shape index (κ3) is 7.11. The zero-order chi connectivity index (χ0) is 24.7. The van der Waals surface area contributed by atoms with Crippen molar-refractivity contribution in [3.63, 3.8) is 0 Å². The number of rotatable bonds is 8. The van der Waals surface area contributed by atoms with Crippen LogP contribution in [0.3, 0.4) is 0 Å². The van der Waals surface area contributed by atoms with E-state index in [1.807, 2.05) is 0 Å². The number of carbonyl (C=O) groups is 1. The Labute approximate surface area is 202 Å². The van der Waals surface area contributed by atoms with E-state index in [4.69, 9.17) is 33.0 Å². The fourth-order valence-electron chi connectivity index (χ4n) is 2.65. The maximum absolute atomic E-state index is 13.0. The van der Waals surface area contributed by atoms with E-state index in [9.17, 15) is 18.0 Å². The number of nitrogens with one attached hydrogen (secondary N) is 3. The SMILES string of the molecule is O=C(Nc1ccc(Cl)c(C(F)(F)F)c1)Nc1ccc(Oc2ccnc(NCCCO)n2)cc1Cl. The second kappa shape index (κ2) is 11.2. The van der Waals surface area contributed by atoms with Crippen molar-refractivity contribution < 1.29 is 27.8 Å². The minimum atomic E-state index is -4.66. The van der Waals surface area contributed by atoms with Gasteiger partial charge in [-0.25, -0.2) is 9.78 Å². The molecule has 2 amide bonds. The van der Waals surface area contributed by atoms with Gasteiger partial charge < -0.3 is 25.8 Å². The lowest BCUT2D eigenvalue weighted by Crippen LogP contribution is -2.20. The minimum absolute atomic E-state index is 0.0361. The van der Waals surface area contributed by atoms with Crippen LogP contribution in [-0.2, 0) is 6.18 Å². The number of hydrogen-bond acceptors (Lipinski definition) is 6. The summed E-state index contributed by atoms with van der Waals surface area (Å²) in [6.07, 6.45) is -2.63. The molecule has 0 aliphatic rings. The minimum Gasteiger partial charge on any atom is -0.439 e. The van der Waals surface area contributed by atoms with Gasteiger partial charge in [-0.1, -0.05) is 23.2 Å². The summed E-state index contributed by atoms with van der Waals surface area (Å²) < 4.78 is 44.6. The van der Waals surface area contributed by atoms with E-state index in [1.54, 1.807) is 0 Å². The van der Waals surface area contributed by atoms with E-state index in [2.05, 4.69) is 25.9 Å². The number of nitrogens with zero attached hydrogens (tertiary/aromatic N) is 2. The fraction of sp³-hybridized carbons (Fsp3) is 0.190. The highest BCUT2D eigenvalue weighted by Gasteiger charge is 2.33. The zero-order valence-electron chi connectivity index (χ0n) is 17.3. The van der Waals surface area contributed by atoms with Crippen molar-refractivity contribution in [2.45, 2.75) is 12.6 Å². The lowest BCUT2D eigenvalue weighted by molar-refractivity contribution is -0.137. The number of aliphatic hydroxyl groups excluding tert-OH is 1. The molecular formula is C21H18Cl2F3N5O3. The first kappa shape index (κ1) is 25.3. The Morgan fingerprint density at radius 1 is 1.06 bits per heavy atom. The summed E-state index contributed by atoms with van der Waals surface area (Å²) in [6.45, 7) is 0.524. The van der Waals surface area contributed by atoms with Crippen molar-refractivity contribution in [1.82, 2.24) is 9.97 Å². The normalized spacial score (nSPS) is 11.1. The molecule has 2 aromatic carbocycles. The second-order valence-electron chi connectivity index (χ2n) is 6.74. The highest BCUT2D eigenvalue weighted by Crippen LogP contribution is 2.36. The van der Waals surface area contributed by atoms with Crippen molar-refractivity contribution in [3.05, 3.63) is 64.3 Å². The van der Waals surface area contributed by atoms with Crippen LogP contribution in [0.2, 0.25) is 10.0 Å². The smallest absolute Gasteiger partial charge is 0.417 e. The number of aromatic nitrogens is 2. The Morgan fingerprint density at radius 3 is 2.56 bits per heavy atom. The molecule has 1 aromatic heterocycles. The molecule has 1 heterocycles. The third-order valence-corrected chi connectivity index (χ3v) is 4.83. The highest BCUT2D eigenvalue weighted by atomic mass is 35.5. The van der Waals surface area contributed by atoms with Crippen molar-refractivity contribution in [1.29, 1.82) is 0 Å². The van der Waals surface area contributed by atoms with Gasteiger partial charge in [0.25, 0.3) is 0 Å². The molecule has 0 radical (unpaired) electrons. The molecule has 0 aliphatic carbocycles. The quantitative estimate of drug-likeness (QED) is 0.272. The summed E-state index contributed by atoms with van der Waals surface area (Å²) in [6, 6.07) is 8.16. The van der Waals surface area contributed by atoms with Crippen LogP contribution in [0.5, 0.6) is 11.6 Å². The van der Waals surface area contributed by atoms with Gasteiger partial charge in [-0.05, 0) is 36.8 Å². The van der Waals surface area contributed by atoms with E-state index in [-0.39, 0.29) is 28.9 Å². The molecule has 3 rings (SSSR count). The molecule has 0 atom stereocenters. The molecule has 0 saturated carbocycles. The molecule has 8 nitrogen and oxygen atoms in total. The lowest BCUT2D eigenvalue weighted by Gasteiger charge is -2.13. The molecule has 0 aliphatic heterocycles. The number of ether oxygens (including phenoxy) is 1. The Bertz CT molecular complexity index is 1160.